The van der Waals surface area contributed by atoms with E-state index in [2.05, 4.69) is 4.74 Å². The molecular formula is C8H2ClF4NO3S. The molecule has 0 fully saturated rings. The normalized spacial score (nSPS) is 12.0. The van der Waals surface area contributed by atoms with Crippen LogP contribution in [0.25, 0.3) is 0 Å². The van der Waals surface area contributed by atoms with Crippen LogP contribution in [0.5, 0.6) is 5.75 Å². The molecule has 0 amide bonds. The molecule has 4 nitrogen and oxygen atoms in total. The summed E-state index contributed by atoms with van der Waals surface area (Å²) < 4.78 is 74.3. The van der Waals surface area contributed by atoms with Crippen LogP contribution in [0.2, 0.25) is 0 Å². The fraction of sp³-hybridized carbons (Fsp3) is 0.125. The van der Waals surface area contributed by atoms with E-state index < -0.39 is 37.4 Å². The van der Waals surface area contributed by atoms with Gasteiger partial charge in [0.1, 0.15) is 22.5 Å². The lowest BCUT2D eigenvalue weighted by atomic mass is 10.2. The number of nitrogens with zero attached hydrogens (tertiary/aromatic N) is 1. The minimum Gasteiger partial charge on any atom is -0.404 e. The summed E-state index contributed by atoms with van der Waals surface area (Å²) in [6.07, 6.45) is -5.16. The summed E-state index contributed by atoms with van der Waals surface area (Å²) in [5, 5.41) is 8.49. The minimum atomic E-state index is -5.16. The summed E-state index contributed by atoms with van der Waals surface area (Å²) >= 11 is 0. The lowest BCUT2D eigenvalue weighted by Crippen LogP contribution is -2.18. The van der Waals surface area contributed by atoms with Crippen LogP contribution in [0, 0.1) is 17.1 Å². The molecule has 0 aliphatic heterocycles. The van der Waals surface area contributed by atoms with Gasteiger partial charge in [0, 0.05) is 16.7 Å². The Hall–Kier alpha value is -1.53. The van der Waals surface area contributed by atoms with Crippen molar-refractivity contribution in [3.05, 3.63) is 23.5 Å². The number of hydrogen-bond acceptors (Lipinski definition) is 4. The molecule has 0 spiro atoms. The van der Waals surface area contributed by atoms with E-state index in [9.17, 15) is 26.0 Å². The van der Waals surface area contributed by atoms with Crippen LogP contribution in [0.1, 0.15) is 5.56 Å². The van der Waals surface area contributed by atoms with Crippen LogP contribution in [0.4, 0.5) is 17.6 Å². The highest BCUT2D eigenvalue weighted by atomic mass is 35.7. The zero-order chi connectivity index (χ0) is 14.1. The Morgan fingerprint density at radius 2 is 1.89 bits per heavy atom. The Labute approximate surface area is 103 Å². The van der Waals surface area contributed by atoms with Crippen molar-refractivity contribution in [2.75, 3.05) is 0 Å². The molecule has 0 bridgehead atoms. The average Bonchev–Trinajstić information content (AvgIpc) is 2.16. The molecular weight excluding hydrogens is 302 g/mol. The molecule has 0 unspecified atom stereocenters. The maximum Gasteiger partial charge on any atom is 0.573 e. The van der Waals surface area contributed by atoms with Crippen molar-refractivity contribution in [2.24, 2.45) is 0 Å². The van der Waals surface area contributed by atoms with Gasteiger partial charge in [-0.1, -0.05) is 0 Å². The van der Waals surface area contributed by atoms with Crippen LogP contribution in [-0.4, -0.2) is 14.8 Å². The van der Waals surface area contributed by atoms with Crippen LogP contribution < -0.4 is 4.74 Å². The molecule has 1 aromatic rings. The maximum atomic E-state index is 13.2. The number of hydrogen-bond donors (Lipinski definition) is 0. The quantitative estimate of drug-likeness (QED) is 0.622. The second-order valence-corrected chi connectivity index (χ2v) is 5.41. The Morgan fingerprint density at radius 3 is 2.28 bits per heavy atom. The Balaban J connectivity index is 3.47. The van der Waals surface area contributed by atoms with E-state index in [0.717, 1.165) is 0 Å². The second-order valence-electron chi connectivity index (χ2n) is 2.88. The van der Waals surface area contributed by atoms with Crippen molar-refractivity contribution >= 4 is 19.7 Å². The maximum absolute atomic E-state index is 13.2. The second kappa shape index (κ2) is 4.62. The summed E-state index contributed by atoms with van der Waals surface area (Å²) in [5.41, 5.74) is -0.811. The molecule has 0 atom stereocenters. The predicted molar refractivity (Wildman–Crippen MR) is 50.8 cm³/mol. The van der Waals surface area contributed by atoms with Gasteiger partial charge in [-0.3, -0.25) is 0 Å². The first kappa shape index (κ1) is 14.5. The van der Waals surface area contributed by atoms with E-state index in [1.807, 2.05) is 0 Å². The number of ether oxygens (including phenoxy) is 1. The smallest absolute Gasteiger partial charge is 0.404 e. The topological polar surface area (TPSA) is 67.2 Å². The highest BCUT2D eigenvalue weighted by Crippen LogP contribution is 2.31. The van der Waals surface area contributed by atoms with E-state index in [4.69, 9.17) is 15.9 Å². The first-order valence-corrected chi connectivity index (χ1v) is 6.29. The molecule has 0 N–H and O–H groups in total. The molecule has 0 saturated heterocycles. The summed E-state index contributed by atoms with van der Waals surface area (Å²) in [5.74, 6) is -2.60. The first-order chi connectivity index (χ1) is 8.04. The third-order valence-corrected chi connectivity index (χ3v) is 2.98. The fourth-order valence-electron chi connectivity index (χ4n) is 1.02. The van der Waals surface area contributed by atoms with Gasteiger partial charge in [0.05, 0.1) is 5.56 Å². The SMILES string of the molecule is N#Cc1cc(F)c(S(=O)(=O)Cl)cc1OC(F)(F)F. The van der Waals surface area contributed by atoms with Gasteiger partial charge in [0.25, 0.3) is 9.05 Å². The number of halogens is 5. The van der Waals surface area contributed by atoms with Crippen LogP contribution in [-0.2, 0) is 9.05 Å². The average molecular weight is 304 g/mol. The third kappa shape index (κ3) is 3.48. The summed E-state index contributed by atoms with van der Waals surface area (Å²) in [6.45, 7) is 0. The monoisotopic (exact) mass is 303 g/mol. The van der Waals surface area contributed by atoms with E-state index in [1.165, 1.54) is 6.07 Å². The van der Waals surface area contributed by atoms with Crippen molar-refractivity contribution in [1.29, 1.82) is 5.26 Å². The molecule has 0 aliphatic carbocycles. The summed E-state index contributed by atoms with van der Waals surface area (Å²) in [4.78, 5) is -1.21. The molecule has 98 valence electrons. The number of alkyl halides is 3. The highest BCUT2D eigenvalue weighted by molar-refractivity contribution is 8.13. The van der Waals surface area contributed by atoms with Gasteiger partial charge >= 0.3 is 6.36 Å². The molecule has 1 aromatic carbocycles. The molecule has 1 rings (SSSR count). The van der Waals surface area contributed by atoms with E-state index >= 15 is 0 Å². The lowest BCUT2D eigenvalue weighted by Gasteiger charge is -2.11. The zero-order valence-corrected chi connectivity index (χ0v) is 9.70. The van der Waals surface area contributed by atoms with Crippen LogP contribution >= 0.6 is 10.7 Å². The lowest BCUT2D eigenvalue weighted by molar-refractivity contribution is -0.274. The van der Waals surface area contributed by atoms with Gasteiger partial charge in [-0.25, -0.2) is 12.8 Å². The van der Waals surface area contributed by atoms with E-state index in [1.54, 1.807) is 0 Å². The predicted octanol–water partition coefficient (Wildman–Crippen LogP) is 2.52. The number of benzene rings is 1. The van der Waals surface area contributed by atoms with Crippen molar-refractivity contribution in [3.63, 3.8) is 0 Å². The van der Waals surface area contributed by atoms with Crippen molar-refractivity contribution in [2.45, 2.75) is 11.3 Å². The van der Waals surface area contributed by atoms with Gasteiger partial charge in [-0.2, -0.15) is 5.26 Å². The fourth-order valence-corrected chi connectivity index (χ4v) is 1.91. The Morgan fingerprint density at radius 1 is 1.33 bits per heavy atom. The molecule has 0 saturated carbocycles. The van der Waals surface area contributed by atoms with Gasteiger partial charge in [0.2, 0.25) is 0 Å². The zero-order valence-electron chi connectivity index (χ0n) is 8.12. The molecule has 0 heterocycles. The van der Waals surface area contributed by atoms with Crippen molar-refractivity contribution < 1.29 is 30.7 Å². The van der Waals surface area contributed by atoms with Crippen LogP contribution in [0.15, 0.2) is 17.0 Å². The first-order valence-electron chi connectivity index (χ1n) is 3.98. The van der Waals surface area contributed by atoms with Gasteiger partial charge < -0.3 is 4.74 Å². The largest absolute Gasteiger partial charge is 0.573 e. The standard InChI is InChI=1S/C8H2ClF4NO3S/c9-18(15,16)7-2-6(17-8(11,12)13)4(3-14)1-5(7)10/h1-2H. The summed E-state index contributed by atoms with van der Waals surface area (Å²) in [7, 11) is 0.219. The molecule has 10 heteroatoms. The van der Waals surface area contributed by atoms with Crippen molar-refractivity contribution in [1.82, 2.24) is 0 Å². The molecule has 0 aromatic heterocycles. The van der Waals surface area contributed by atoms with Crippen molar-refractivity contribution in [3.8, 4) is 11.8 Å². The Kier molecular flexibility index (Phi) is 3.73. The number of rotatable bonds is 2. The molecule has 0 aliphatic rings. The highest BCUT2D eigenvalue weighted by Gasteiger charge is 2.33. The van der Waals surface area contributed by atoms with E-state index in [-0.39, 0.29) is 12.1 Å². The molecule has 0 radical (unpaired) electrons. The van der Waals surface area contributed by atoms with Gasteiger partial charge in [-0.15, -0.1) is 13.2 Å². The third-order valence-electron chi connectivity index (χ3n) is 1.64. The van der Waals surface area contributed by atoms with Gasteiger partial charge in [0.15, 0.2) is 0 Å². The Bertz CT molecular complexity index is 620. The van der Waals surface area contributed by atoms with Crippen LogP contribution in [0.3, 0.4) is 0 Å². The molecule has 18 heavy (non-hydrogen) atoms. The van der Waals surface area contributed by atoms with E-state index in [0.29, 0.717) is 0 Å². The van der Waals surface area contributed by atoms with Gasteiger partial charge in [-0.05, 0) is 6.07 Å². The minimum absolute atomic E-state index is 0.198. The number of nitriles is 1. The summed E-state index contributed by atoms with van der Waals surface area (Å²) in [6, 6.07) is 1.72.